The molecule has 2 aromatic rings. The van der Waals surface area contributed by atoms with Gasteiger partial charge >= 0.3 is 5.97 Å². The fourth-order valence-electron chi connectivity index (χ4n) is 11.1. The summed E-state index contributed by atoms with van der Waals surface area (Å²) in [5.41, 5.74) is 46.0. The van der Waals surface area contributed by atoms with E-state index in [9.17, 15) is 62.6 Å². The van der Waals surface area contributed by atoms with E-state index in [-0.39, 0.29) is 146 Å². The number of hydrogen-bond donors (Lipinski definition) is 20. The molecule has 39 nitrogen and oxygen atoms in total. The number of nitrogens with one attached hydrogen (secondary N) is 11. The summed E-state index contributed by atoms with van der Waals surface area (Å²) in [4.78, 5) is 213. The quantitative estimate of drug-likeness (QED) is 0.0249. The maximum atomic E-state index is 15.1. The number of aromatic nitrogens is 1. The summed E-state index contributed by atoms with van der Waals surface area (Å²) in [5, 5.41) is 38.1. The first-order valence-electron chi connectivity index (χ1n) is 34.4. The number of fused-ring (bicyclic) bond motifs is 1. The van der Waals surface area contributed by atoms with Gasteiger partial charge in [0.25, 0.3) is 0 Å². The van der Waals surface area contributed by atoms with Crippen molar-refractivity contribution in [2.24, 2.45) is 66.8 Å². The summed E-state index contributed by atoms with van der Waals surface area (Å²) in [5.74, 6) is -15.4. The van der Waals surface area contributed by atoms with Gasteiger partial charge in [-0.05, 0) is 113 Å². The molecule has 1 aromatic heterocycles. The van der Waals surface area contributed by atoms with E-state index in [2.05, 4.69) is 78.4 Å². The van der Waals surface area contributed by atoms with E-state index >= 15 is 9.59 Å². The Labute approximate surface area is 611 Å². The highest BCUT2D eigenvalue weighted by Gasteiger charge is 2.41. The number of amides is 13. The van der Waals surface area contributed by atoms with E-state index < -0.39 is 168 Å². The molecule has 105 heavy (non-hydrogen) atoms. The number of carboxylic acid groups (broad SMARTS) is 1. The van der Waals surface area contributed by atoms with Crippen LogP contribution in [0.5, 0.6) is 0 Å². The lowest BCUT2D eigenvalue weighted by atomic mass is 10.00. The Kier molecular flexibility index (Phi) is 37.8. The zero-order valence-electron chi connectivity index (χ0n) is 58.9. The summed E-state index contributed by atoms with van der Waals surface area (Å²) in [7, 11) is 0. The minimum absolute atomic E-state index is 0.00694. The second-order valence-electron chi connectivity index (χ2n) is 25.4. The van der Waals surface area contributed by atoms with E-state index in [0.717, 1.165) is 11.8 Å². The Balaban J connectivity index is 1.84. The lowest BCUT2D eigenvalue weighted by molar-refractivity contribution is -0.143. The summed E-state index contributed by atoms with van der Waals surface area (Å²) in [6, 6.07) is -3.18. The van der Waals surface area contributed by atoms with Crippen LogP contribution in [0.1, 0.15) is 108 Å². The van der Waals surface area contributed by atoms with Crippen molar-refractivity contribution in [1.82, 2.24) is 68.4 Å². The molecule has 0 spiro atoms. The van der Waals surface area contributed by atoms with Crippen molar-refractivity contribution in [2.45, 2.75) is 171 Å². The summed E-state index contributed by atoms with van der Waals surface area (Å²) in [6.45, 7) is 1.98. The molecule has 2 fully saturated rings. The van der Waals surface area contributed by atoms with E-state index in [1.807, 2.05) is 0 Å². The molecule has 40 heteroatoms. The number of carbonyl (C=O) groups excluding carboxylic acids is 13. The molecule has 10 atom stereocenters. The number of aliphatic carboxylic acids is 1. The number of primary amides is 1. The molecule has 0 bridgehead atoms. The first kappa shape index (κ1) is 86.5. The average Bonchev–Trinajstić information content (AvgIpc) is 1.61. The monoisotopic (exact) mass is 1490 g/mol. The molecule has 578 valence electrons. The van der Waals surface area contributed by atoms with E-state index in [0.29, 0.717) is 17.5 Å². The summed E-state index contributed by atoms with van der Waals surface area (Å²) < 4.78 is 0. The van der Waals surface area contributed by atoms with Crippen LogP contribution < -0.4 is 104 Å². The maximum Gasteiger partial charge on any atom is 0.305 e. The molecule has 2 aliphatic heterocycles. The van der Waals surface area contributed by atoms with Crippen molar-refractivity contribution in [1.29, 1.82) is 0 Å². The highest BCUT2D eigenvalue weighted by Crippen LogP contribution is 2.22. The van der Waals surface area contributed by atoms with Crippen molar-refractivity contribution in [3.63, 3.8) is 0 Å². The van der Waals surface area contributed by atoms with Crippen molar-refractivity contribution < 1.29 is 72.2 Å². The van der Waals surface area contributed by atoms with Crippen LogP contribution in [-0.4, -0.2) is 233 Å². The van der Waals surface area contributed by atoms with Gasteiger partial charge in [-0.2, -0.15) is 0 Å². The normalized spacial score (nSPS) is 23.1. The number of guanidine groups is 3. The SMILES string of the molecule is CC(C)C[C@@H]1NC(=O)[C@H](Cc2ccncc2)NC(=O)CSC[C@@H](C(N)=O)NC(=O)CNC(=O)CNC(=O)[C@H](CCCN=C(N)N)NC(=O)[C@H](CC(=O)O)NC(=O)[C@H](CCCCN)NC(=O)[C@@H]2CCCN2C(=O)[C@H](CCCN=C(N)N)NC(=O)[C@H](Cc2ccccc2)NC(=O)[C@H](CCCN=C(N)N)NC1=O. The highest BCUT2D eigenvalue weighted by molar-refractivity contribution is 8.00. The molecular formula is C65H102N24O15S. The molecule has 4 rings (SSSR count). The minimum atomic E-state index is -1.92. The minimum Gasteiger partial charge on any atom is -0.481 e. The number of nitrogens with zero attached hydrogens (tertiary/aromatic N) is 5. The third-order valence-corrected chi connectivity index (χ3v) is 17.3. The molecule has 0 aliphatic carbocycles. The number of nitrogens with two attached hydrogens (primary N) is 8. The van der Waals surface area contributed by atoms with Gasteiger partial charge in [-0.1, -0.05) is 44.2 Å². The third-order valence-electron chi connectivity index (χ3n) is 16.3. The number of hydrogen-bond acceptors (Lipinski definition) is 20. The Morgan fingerprint density at radius 2 is 0.981 bits per heavy atom. The maximum absolute atomic E-state index is 15.1. The van der Waals surface area contributed by atoms with Crippen LogP contribution in [0, 0.1) is 5.92 Å². The zero-order chi connectivity index (χ0) is 77.5. The van der Waals surface area contributed by atoms with Crippen molar-refractivity contribution in [2.75, 3.05) is 57.3 Å². The summed E-state index contributed by atoms with van der Waals surface area (Å²) >= 11 is 0.831. The highest BCUT2D eigenvalue weighted by atomic mass is 32.2. The standard InChI is InChI=1S/C65H102N24O15S/c1-36(2)28-43-57(99)83-41(16-9-23-76-64(70)71)56(98)87-45(29-37-12-4-3-5-13-37)59(101)85-42(17-10-24-77-65(72)73)62(104)89-27-11-18-48(89)61(103)84-40(14-6-7-21-66)55(97)88-46(31-52(93)94)60(102)82-39(15-8-22-75-63(68)69)54(96)79-32-49(90)78-33-50(91)81-47(53(67)95)34-105-35-51(92)80-44(58(100)86-43)30-38-19-25-74-26-20-38/h3-5,12-13,19-20,25-26,36,39-48H,6-11,14-18,21-24,27-35,66H2,1-2H3,(H2,67,95)(H,78,90)(H,79,96)(H,80,92)(H,81,91)(H,82,102)(H,83,99)(H,84,103)(H,85,101)(H,86,100)(H,87,98)(H,88,97)(H,93,94)(H4,68,69,75)(H4,70,71,76)(H4,72,73,77)/t39-,40-,41-,42-,43-,44-,45-,46-,47-,48-/m0/s1. The molecule has 1 aromatic carbocycles. The number of aliphatic imine (C=N–C) groups is 3. The molecule has 2 aliphatic rings. The van der Waals surface area contributed by atoms with Crippen molar-refractivity contribution in [3.05, 3.63) is 66.0 Å². The average molecular weight is 1490 g/mol. The molecule has 0 radical (unpaired) electrons. The number of rotatable bonds is 25. The van der Waals surface area contributed by atoms with E-state index in [1.54, 1.807) is 56.3 Å². The fourth-order valence-corrected chi connectivity index (χ4v) is 11.9. The van der Waals surface area contributed by atoms with E-state index in [4.69, 9.17) is 45.9 Å². The zero-order valence-corrected chi connectivity index (χ0v) is 59.8. The molecule has 0 unspecified atom stereocenters. The Morgan fingerprint density at radius 1 is 0.524 bits per heavy atom. The molecule has 28 N–H and O–H groups in total. The molecule has 0 saturated carbocycles. The smallest absolute Gasteiger partial charge is 0.305 e. The van der Waals surface area contributed by atoms with Gasteiger partial charge in [0, 0.05) is 57.2 Å². The second-order valence-corrected chi connectivity index (χ2v) is 26.4. The number of unbranched alkanes of at least 4 members (excludes halogenated alkanes) is 1. The molecule has 13 amide bonds. The van der Waals surface area contributed by atoms with Crippen LogP contribution >= 0.6 is 11.8 Å². The Hall–Kier alpha value is -10.9. The van der Waals surface area contributed by atoms with E-state index in [1.165, 1.54) is 17.3 Å². The number of benzene rings is 1. The first-order chi connectivity index (χ1) is 49.9. The van der Waals surface area contributed by atoms with Crippen LogP contribution in [0.25, 0.3) is 0 Å². The number of carbonyl (C=O) groups is 14. The Bertz CT molecular complexity index is 3380. The van der Waals surface area contributed by atoms with Gasteiger partial charge in [-0.25, -0.2) is 0 Å². The van der Waals surface area contributed by atoms with Gasteiger partial charge in [0.15, 0.2) is 17.9 Å². The predicted molar refractivity (Wildman–Crippen MR) is 387 cm³/mol. The topological polar surface area (TPSA) is 653 Å². The van der Waals surface area contributed by atoms with Crippen LogP contribution in [0.4, 0.5) is 0 Å². The molecule has 3 heterocycles. The van der Waals surface area contributed by atoms with Gasteiger partial charge in [0.2, 0.25) is 76.8 Å². The molecule has 2 saturated heterocycles. The third kappa shape index (κ3) is 32.9. The van der Waals surface area contributed by atoms with Gasteiger partial charge < -0.3 is 114 Å². The van der Waals surface area contributed by atoms with Gasteiger partial charge in [0.1, 0.15) is 60.4 Å². The van der Waals surface area contributed by atoms with Crippen molar-refractivity contribution >= 4 is 112 Å². The van der Waals surface area contributed by atoms with Gasteiger partial charge in [0.05, 0.1) is 25.3 Å². The van der Waals surface area contributed by atoms with Gasteiger partial charge in [-0.3, -0.25) is 87.1 Å². The fraction of sp³-hybridized carbons (Fsp3) is 0.569. The number of carboxylic acids is 1. The molecular weight excluding hydrogens is 1390 g/mol. The largest absolute Gasteiger partial charge is 0.481 e. The van der Waals surface area contributed by atoms with Crippen LogP contribution in [0.15, 0.2) is 69.8 Å². The number of pyridine rings is 1. The lowest BCUT2D eigenvalue weighted by Crippen LogP contribution is -2.60. The van der Waals surface area contributed by atoms with Crippen LogP contribution in [0.3, 0.4) is 0 Å². The van der Waals surface area contributed by atoms with Crippen LogP contribution in [-0.2, 0) is 80.0 Å². The second kappa shape index (κ2) is 45.9. The first-order valence-corrected chi connectivity index (χ1v) is 35.5. The number of thioether (sulfide) groups is 1. The van der Waals surface area contributed by atoms with Crippen molar-refractivity contribution in [3.8, 4) is 0 Å². The van der Waals surface area contributed by atoms with Gasteiger partial charge in [-0.15, -0.1) is 11.8 Å². The predicted octanol–water partition coefficient (Wildman–Crippen LogP) is -7.50. The summed E-state index contributed by atoms with van der Waals surface area (Å²) in [6.07, 6.45) is 1.92. The van der Waals surface area contributed by atoms with Crippen LogP contribution in [0.2, 0.25) is 0 Å². The lowest BCUT2D eigenvalue weighted by Gasteiger charge is -2.31. The Morgan fingerprint density at radius 3 is 1.52 bits per heavy atom.